The number of nitrogens with zero attached hydrogens (tertiary/aromatic N) is 1. The molecule has 1 aliphatic rings. The minimum Gasteiger partial charge on any atom is -0.324 e. The maximum absolute atomic E-state index is 11.6. The van der Waals surface area contributed by atoms with Crippen molar-refractivity contribution < 1.29 is 14.4 Å². The van der Waals surface area contributed by atoms with Gasteiger partial charge in [-0.05, 0) is 25.2 Å². The Bertz CT molecular complexity index is 586. The van der Waals surface area contributed by atoms with Crippen LogP contribution in [-0.4, -0.2) is 25.5 Å². The van der Waals surface area contributed by atoms with Crippen LogP contribution < -0.4 is 11.2 Å². The van der Waals surface area contributed by atoms with E-state index in [0.717, 1.165) is 0 Å². The summed E-state index contributed by atoms with van der Waals surface area (Å²) in [5.74, 6) is -0.0744. The quantitative estimate of drug-likeness (QED) is 0.674. The second-order valence-electron chi connectivity index (χ2n) is 4.70. The van der Waals surface area contributed by atoms with Gasteiger partial charge in [-0.15, -0.1) is 0 Å². The highest BCUT2D eigenvalue weighted by atomic mass is 31.2. The molecule has 1 aliphatic carbocycles. The molecule has 18 heavy (non-hydrogen) atoms. The van der Waals surface area contributed by atoms with Gasteiger partial charge in [0, 0.05) is 18.3 Å². The molecule has 2 rings (SSSR count). The first-order valence-corrected chi connectivity index (χ1v) is 7.51. The maximum Gasteiger partial charge on any atom is 0.328 e. The Morgan fingerprint density at radius 2 is 2.11 bits per heavy atom. The van der Waals surface area contributed by atoms with Crippen LogP contribution in [0, 0.1) is 5.92 Å². The number of aromatic amines is 1. The van der Waals surface area contributed by atoms with Gasteiger partial charge in [0.25, 0.3) is 5.56 Å². The van der Waals surface area contributed by atoms with Crippen LogP contribution in [-0.2, 0) is 4.57 Å². The number of nitrogens with one attached hydrogen (secondary N) is 1. The average molecular weight is 274 g/mol. The Labute approximate surface area is 103 Å². The van der Waals surface area contributed by atoms with E-state index in [1.807, 2.05) is 0 Å². The Hall–Kier alpha value is -1.17. The van der Waals surface area contributed by atoms with Crippen LogP contribution in [0.25, 0.3) is 0 Å². The summed E-state index contributed by atoms with van der Waals surface area (Å²) in [7, 11) is -4.00. The Morgan fingerprint density at radius 1 is 1.39 bits per heavy atom. The van der Waals surface area contributed by atoms with Crippen molar-refractivity contribution in [3.63, 3.8) is 0 Å². The van der Waals surface area contributed by atoms with Gasteiger partial charge in [-0.1, -0.05) is 0 Å². The Kier molecular flexibility index (Phi) is 3.56. The lowest BCUT2D eigenvalue weighted by molar-refractivity contribution is 0.359. The van der Waals surface area contributed by atoms with Gasteiger partial charge < -0.3 is 9.79 Å². The minimum atomic E-state index is -4.00. The topological polar surface area (TPSA) is 112 Å². The van der Waals surface area contributed by atoms with Crippen LogP contribution in [0.1, 0.15) is 25.3 Å². The van der Waals surface area contributed by atoms with E-state index in [0.29, 0.717) is 19.3 Å². The molecule has 0 spiro atoms. The van der Waals surface area contributed by atoms with E-state index in [4.69, 9.17) is 9.79 Å². The van der Waals surface area contributed by atoms with Crippen molar-refractivity contribution in [2.75, 3.05) is 6.16 Å². The zero-order valence-electron chi connectivity index (χ0n) is 9.65. The zero-order chi connectivity index (χ0) is 13.3. The third-order valence-corrected chi connectivity index (χ3v) is 4.25. The van der Waals surface area contributed by atoms with Crippen molar-refractivity contribution in [2.24, 2.45) is 5.92 Å². The summed E-state index contributed by atoms with van der Waals surface area (Å²) in [6.07, 6.45) is 3.22. The maximum atomic E-state index is 11.6. The summed E-state index contributed by atoms with van der Waals surface area (Å²) < 4.78 is 12.4. The highest BCUT2D eigenvalue weighted by molar-refractivity contribution is 7.51. The smallest absolute Gasteiger partial charge is 0.324 e. The van der Waals surface area contributed by atoms with Crippen molar-refractivity contribution >= 4 is 7.60 Å². The summed E-state index contributed by atoms with van der Waals surface area (Å²) in [6, 6.07) is 1.18. The van der Waals surface area contributed by atoms with Crippen molar-refractivity contribution in [3.05, 3.63) is 33.1 Å². The van der Waals surface area contributed by atoms with Crippen LogP contribution in [0.15, 0.2) is 21.9 Å². The summed E-state index contributed by atoms with van der Waals surface area (Å²) in [4.78, 5) is 42.5. The lowest BCUT2D eigenvalue weighted by Crippen LogP contribution is -2.30. The molecule has 1 heterocycles. The van der Waals surface area contributed by atoms with E-state index in [1.165, 1.54) is 16.8 Å². The van der Waals surface area contributed by atoms with Crippen molar-refractivity contribution in [1.82, 2.24) is 9.55 Å². The summed E-state index contributed by atoms with van der Waals surface area (Å²) in [5, 5.41) is 0. The molecule has 0 aromatic carbocycles. The number of rotatable bonds is 3. The molecule has 0 unspecified atom stereocenters. The molecular weight excluding hydrogens is 259 g/mol. The lowest BCUT2D eigenvalue weighted by atomic mass is 10.1. The fraction of sp³-hybridized carbons (Fsp3) is 0.600. The molecule has 8 heteroatoms. The molecule has 2 atom stereocenters. The average Bonchev–Trinajstić information content (AvgIpc) is 2.63. The van der Waals surface area contributed by atoms with Crippen molar-refractivity contribution in [1.29, 1.82) is 0 Å². The van der Waals surface area contributed by atoms with Gasteiger partial charge in [-0.3, -0.25) is 18.9 Å². The predicted octanol–water partition coefficient (Wildman–Crippen LogP) is 0.0555. The van der Waals surface area contributed by atoms with Crippen LogP contribution in [0.3, 0.4) is 0 Å². The first-order chi connectivity index (χ1) is 8.35. The Balaban J connectivity index is 2.11. The van der Waals surface area contributed by atoms with Gasteiger partial charge in [-0.25, -0.2) is 4.79 Å². The molecule has 0 aliphatic heterocycles. The van der Waals surface area contributed by atoms with E-state index in [2.05, 4.69) is 4.98 Å². The molecule has 0 saturated heterocycles. The molecular formula is C10H15N2O5P. The standard InChI is InChI=1S/C10H15N2O5P/c13-9-3-4-12(10(14)11-9)8-2-1-7(5-8)6-18(15,16)17/h3-4,7-8H,1-2,5-6H2,(H,11,13,14)(H2,15,16,17)/t7-,8+/m1/s1. The molecule has 1 saturated carbocycles. The van der Waals surface area contributed by atoms with E-state index in [-0.39, 0.29) is 18.1 Å². The van der Waals surface area contributed by atoms with Crippen LogP contribution in [0.4, 0.5) is 0 Å². The predicted molar refractivity (Wildman–Crippen MR) is 64.6 cm³/mol. The molecule has 0 amide bonds. The highest BCUT2D eigenvalue weighted by Gasteiger charge is 2.31. The fourth-order valence-corrected chi connectivity index (χ4v) is 3.52. The van der Waals surface area contributed by atoms with Gasteiger partial charge in [0.2, 0.25) is 0 Å². The van der Waals surface area contributed by atoms with Gasteiger partial charge >= 0.3 is 13.3 Å². The van der Waals surface area contributed by atoms with Crippen LogP contribution >= 0.6 is 7.60 Å². The summed E-state index contributed by atoms with van der Waals surface area (Å²) in [5.41, 5.74) is -0.912. The first-order valence-electron chi connectivity index (χ1n) is 5.71. The monoisotopic (exact) mass is 274 g/mol. The van der Waals surface area contributed by atoms with Gasteiger partial charge in [0.15, 0.2) is 0 Å². The van der Waals surface area contributed by atoms with E-state index < -0.39 is 18.8 Å². The number of aromatic nitrogens is 2. The highest BCUT2D eigenvalue weighted by Crippen LogP contribution is 2.44. The summed E-state index contributed by atoms with van der Waals surface area (Å²) >= 11 is 0. The second kappa shape index (κ2) is 4.84. The Morgan fingerprint density at radius 3 is 2.72 bits per heavy atom. The normalized spacial score (nSPS) is 24.3. The molecule has 100 valence electrons. The van der Waals surface area contributed by atoms with Gasteiger partial charge in [-0.2, -0.15) is 0 Å². The third kappa shape index (κ3) is 3.19. The largest absolute Gasteiger partial charge is 0.328 e. The molecule has 1 aromatic heterocycles. The van der Waals surface area contributed by atoms with Gasteiger partial charge in [0.1, 0.15) is 0 Å². The zero-order valence-corrected chi connectivity index (χ0v) is 10.5. The van der Waals surface area contributed by atoms with Crippen LogP contribution in [0.5, 0.6) is 0 Å². The molecule has 3 N–H and O–H groups in total. The number of hydrogen-bond acceptors (Lipinski definition) is 3. The molecule has 1 fully saturated rings. The minimum absolute atomic E-state index is 0.0744. The summed E-state index contributed by atoms with van der Waals surface area (Å²) in [6.45, 7) is 0. The molecule has 7 nitrogen and oxygen atoms in total. The van der Waals surface area contributed by atoms with Crippen molar-refractivity contribution in [2.45, 2.75) is 25.3 Å². The second-order valence-corrected chi connectivity index (χ2v) is 6.39. The number of hydrogen-bond donors (Lipinski definition) is 3. The molecule has 0 radical (unpaired) electrons. The van der Waals surface area contributed by atoms with E-state index in [1.54, 1.807) is 0 Å². The van der Waals surface area contributed by atoms with Crippen LogP contribution in [0.2, 0.25) is 0 Å². The number of H-pyrrole nitrogens is 1. The van der Waals surface area contributed by atoms with E-state index >= 15 is 0 Å². The van der Waals surface area contributed by atoms with Gasteiger partial charge in [0.05, 0.1) is 6.16 Å². The fourth-order valence-electron chi connectivity index (χ4n) is 2.52. The van der Waals surface area contributed by atoms with E-state index in [9.17, 15) is 14.2 Å². The van der Waals surface area contributed by atoms with Crippen molar-refractivity contribution in [3.8, 4) is 0 Å². The molecule has 1 aromatic rings. The third-order valence-electron chi connectivity index (χ3n) is 3.25. The lowest BCUT2D eigenvalue weighted by Gasteiger charge is -2.14. The first kappa shape index (κ1) is 13.3. The molecule has 0 bridgehead atoms. The SMILES string of the molecule is O=c1ccn([C@H]2CC[C@@H](CP(=O)(O)O)C2)c(=O)[nH]1.